The summed E-state index contributed by atoms with van der Waals surface area (Å²) in [5.41, 5.74) is -0.0807. The molecule has 3 atom stereocenters. The number of aliphatic hydroxyl groups excluding tert-OH is 1. The predicted octanol–water partition coefficient (Wildman–Crippen LogP) is 1.27. The van der Waals surface area contributed by atoms with Gasteiger partial charge >= 0.3 is 12.2 Å². The average molecular weight is 634 g/mol. The van der Waals surface area contributed by atoms with Crippen molar-refractivity contribution in [2.24, 2.45) is 0 Å². The maximum absolute atomic E-state index is 13.5. The summed E-state index contributed by atoms with van der Waals surface area (Å²) in [5, 5.41) is 22.9. The van der Waals surface area contributed by atoms with Crippen molar-refractivity contribution in [3.8, 4) is 0 Å². The van der Waals surface area contributed by atoms with E-state index in [1.807, 2.05) is 29.4 Å². The van der Waals surface area contributed by atoms with Gasteiger partial charge in [0.25, 0.3) is 0 Å². The summed E-state index contributed by atoms with van der Waals surface area (Å²) in [6.45, 7) is 3.90. The number of halogens is 3. The number of pyridine rings is 1. The molecule has 2 N–H and O–H groups in total. The molecule has 2 bridgehead atoms. The van der Waals surface area contributed by atoms with Crippen LogP contribution in [0.4, 0.5) is 35.3 Å². The Morgan fingerprint density at radius 2 is 1.89 bits per heavy atom. The molecule has 3 unspecified atom stereocenters. The number of carbonyl (C=O) groups excluding carboxylic acids is 1. The zero-order valence-corrected chi connectivity index (χ0v) is 25.3. The highest BCUT2D eigenvalue weighted by atomic mass is 19.4. The van der Waals surface area contributed by atoms with E-state index in [9.17, 15) is 23.1 Å². The number of fused-ring (bicyclic) bond motifs is 3. The lowest BCUT2D eigenvalue weighted by Crippen LogP contribution is -2.73. The van der Waals surface area contributed by atoms with Crippen molar-refractivity contribution in [1.82, 2.24) is 44.0 Å². The first-order chi connectivity index (χ1) is 21.5. The Kier molecular flexibility index (Phi) is 7.53. The highest BCUT2D eigenvalue weighted by Crippen LogP contribution is 2.42. The minimum Gasteiger partial charge on any atom is -0.376 e. The van der Waals surface area contributed by atoms with Gasteiger partial charge in [0.1, 0.15) is 6.23 Å². The van der Waals surface area contributed by atoms with Crippen molar-refractivity contribution >= 4 is 29.0 Å². The van der Waals surface area contributed by atoms with E-state index in [2.05, 4.69) is 32.4 Å². The lowest BCUT2D eigenvalue weighted by Gasteiger charge is -2.52. The second-order valence-corrected chi connectivity index (χ2v) is 12.5. The van der Waals surface area contributed by atoms with Gasteiger partial charge in [-0.1, -0.05) is 0 Å². The molecule has 4 fully saturated rings. The number of piperazine rings is 2. The van der Waals surface area contributed by atoms with Gasteiger partial charge < -0.3 is 34.8 Å². The first-order valence-corrected chi connectivity index (χ1v) is 15.2. The van der Waals surface area contributed by atoms with Crippen LogP contribution in [0.3, 0.4) is 0 Å². The van der Waals surface area contributed by atoms with E-state index < -0.39 is 31.1 Å². The zero-order valence-electron chi connectivity index (χ0n) is 25.3. The molecule has 14 nitrogen and oxygen atoms in total. The van der Waals surface area contributed by atoms with E-state index in [1.54, 1.807) is 20.3 Å². The largest absolute Gasteiger partial charge is 0.420 e. The molecule has 4 aliphatic rings. The smallest absolute Gasteiger partial charge is 0.376 e. The molecular weight excluding hydrogens is 595 g/mol. The first kappa shape index (κ1) is 30.0. The number of carbonyl (C=O) groups is 1. The number of rotatable bonds is 7. The van der Waals surface area contributed by atoms with Gasteiger partial charge in [0.2, 0.25) is 5.95 Å². The highest BCUT2D eigenvalue weighted by Gasteiger charge is 2.64. The molecule has 0 saturated carbocycles. The number of nitrogens with one attached hydrogen (secondary N) is 1. The molecule has 244 valence electrons. The van der Waals surface area contributed by atoms with Crippen molar-refractivity contribution in [3.63, 3.8) is 0 Å². The maximum atomic E-state index is 13.5. The molecule has 17 heteroatoms. The van der Waals surface area contributed by atoms with Crippen molar-refractivity contribution in [2.45, 2.75) is 49.5 Å². The fourth-order valence-electron chi connectivity index (χ4n) is 6.96. The number of likely N-dealkylation sites (N-methyl/N-ethyl adjacent to an activating group) is 1. The van der Waals surface area contributed by atoms with Crippen LogP contribution in [0, 0.1) is 0 Å². The third-order valence-corrected chi connectivity index (χ3v) is 9.65. The van der Waals surface area contributed by atoms with Gasteiger partial charge in [0, 0.05) is 58.8 Å². The Bertz CT molecular complexity index is 1520. The second-order valence-electron chi connectivity index (χ2n) is 12.5. The molecule has 2 amide bonds. The Labute approximate surface area is 257 Å². The Balaban J connectivity index is 1.00. The van der Waals surface area contributed by atoms with Gasteiger partial charge in [-0.3, -0.25) is 9.58 Å². The molecule has 7 rings (SSSR count). The van der Waals surface area contributed by atoms with E-state index in [0.717, 1.165) is 51.8 Å². The molecule has 3 aromatic heterocycles. The summed E-state index contributed by atoms with van der Waals surface area (Å²) in [6.07, 6.45) is 1.70. The predicted molar refractivity (Wildman–Crippen MR) is 157 cm³/mol. The quantitative estimate of drug-likeness (QED) is 0.394. The van der Waals surface area contributed by atoms with Crippen LogP contribution in [-0.2, 0) is 11.3 Å². The first-order valence-electron chi connectivity index (χ1n) is 15.2. The number of ether oxygens (including phenoxy) is 1. The molecule has 45 heavy (non-hydrogen) atoms. The molecule has 0 aliphatic carbocycles. The number of anilines is 3. The third kappa shape index (κ3) is 5.44. The molecule has 0 radical (unpaired) electrons. The number of urea groups is 1. The minimum atomic E-state index is -4.53. The zero-order chi connectivity index (χ0) is 31.5. The normalized spacial score (nSPS) is 24.7. The Hall–Kier alpha value is -3.67. The summed E-state index contributed by atoms with van der Waals surface area (Å²) in [7, 11) is 3.11. The van der Waals surface area contributed by atoms with Crippen LogP contribution in [-0.4, -0.2) is 152 Å². The third-order valence-electron chi connectivity index (χ3n) is 9.65. The lowest BCUT2D eigenvalue weighted by atomic mass is 9.93. The summed E-state index contributed by atoms with van der Waals surface area (Å²) >= 11 is 0. The summed E-state index contributed by atoms with van der Waals surface area (Å²) in [5.74, 6) is 0.391. The van der Waals surface area contributed by atoms with Crippen LogP contribution in [0.25, 0.3) is 5.65 Å². The molecule has 0 spiro atoms. The molecule has 7 heterocycles. The van der Waals surface area contributed by atoms with E-state index in [1.165, 1.54) is 4.90 Å². The Morgan fingerprint density at radius 1 is 1.18 bits per heavy atom. The lowest BCUT2D eigenvalue weighted by molar-refractivity contribution is -0.304. The van der Waals surface area contributed by atoms with Crippen LogP contribution in [0.15, 0.2) is 30.7 Å². The van der Waals surface area contributed by atoms with E-state index in [-0.39, 0.29) is 18.1 Å². The molecule has 3 aromatic rings. The van der Waals surface area contributed by atoms with Gasteiger partial charge in [-0.05, 0) is 32.0 Å². The van der Waals surface area contributed by atoms with Crippen LogP contribution in [0.5, 0.6) is 0 Å². The van der Waals surface area contributed by atoms with Crippen LogP contribution < -0.4 is 10.2 Å². The maximum Gasteiger partial charge on any atom is 0.420 e. The summed E-state index contributed by atoms with van der Waals surface area (Å²) in [4.78, 5) is 27.5. The number of alkyl halides is 3. The van der Waals surface area contributed by atoms with Crippen molar-refractivity contribution in [1.29, 1.82) is 0 Å². The topological polar surface area (TPSA) is 123 Å². The number of nitrogens with zero attached hydrogens (tertiary/aromatic N) is 10. The second kappa shape index (κ2) is 11.3. The number of methoxy groups -OCH3 is 1. The van der Waals surface area contributed by atoms with Crippen LogP contribution >= 0.6 is 0 Å². The Morgan fingerprint density at radius 3 is 2.56 bits per heavy atom. The molecule has 0 aromatic carbocycles. The molecule has 4 aliphatic heterocycles. The van der Waals surface area contributed by atoms with Gasteiger partial charge in [0.15, 0.2) is 11.2 Å². The SMILES string of the molecule is COC1(C(F)(F)F)CN(C(=O)N2C3CCC2CN(c2cccn4nc(Nc5cnn(CC(O)N6CCN(C)CC6)c5)nc24)C3)C1. The summed E-state index contributed by atoms with van der Waals surface area (Å²) < 4.78 is 48.7. The number of hydrogen-bond acceptors (Lipinski definition) is 10. The number of hydrogen-bond donors (Lipinski definition) is 2. The van der Waals surface area contributed by atoms with Crippen molar-refractivity contribution in [2.75, 3.05) is 76.7 Å². The fraction of sp³-hybridized carbons (Fsp3) is 0.643. The number of aliphatic hydroxyl groups is 1. The van der Waals surface area contributed by atoms with E-state index in [0.29, 0.717) is 36.9 Å². The average Bonchev–Trinajstić information content (AvgIpc) is 3.67. The number of aromatic nitrogens is 5. The van der Waals surface area contributed by atoms with E-state index >= 15 is 0 Å². The number of likely N-dealkylation sites (tertiary alicyclic amines) is 1. The van der Waals surface area contributed by atoms with Gasteiger partial charge in [-0.2, -0.15) is 23.3 Å². The van der Waals surface area contributed by atoms with Crippen LogP contribution in [0.1, 0.15) is 12.8 Å². The van der Waals surface area contributed by atoms with Crippen molar-refractivity contribution < 1.29 is 27.8 Å². The van der Waals surface area contributed by atoms with Crippen molar-refractivity contribution in [3.05, 3.63) is 30.7 Å². The van der Waals surface area contributed by atoms with Gasteiger partial charge in [-0.25, -0.2) is 9.31 Å². The highest BCUT2D eigenvalue weighted by molar-refractivity contribution is 5.78. The standard InChI is InChI=1S/C28H38F3N11O3/c1-36-8-10-37(11-9-36)23(43)16-40-13-19(12-32-40)33-25-34-24-22(4-3-7-41(24)35-25)38-14-20-5-6-21(15-38)42(20)26(44)39-17-27(18-39,45-2)28(29,30)31/h3-4,7,12-13,20-21,23,43H,5-6,8-11,14-18H2,1-2H3,(H,33,35). The number of amides is 2. The van der Waals surface area contributed by atoms with E-state index in [4.69, 9.17) is 9.72 Å². The van der Waals surface area contributed by atoms with Crippen LogP contribution in [0.2, 0.25) is 0 Å². The van der Waals surface area contributed by atoms with Gasteiger partial charge in [0.05, 0.1) is 49.3 Å². The molecule has 4 saturated heterocycles. The monoisotopic (exact) mass is 633 g/mol. The fourth-order valence-corrected chi connectivity index (χ4v) is 6.96. The minimum absolute atomic E-state index is 0.118. The van der Waals surface area contributed by atoms with Gasteiger partial charge in [-0.15, -0.1) is 5.10 Å². The molecular formula is C28H38F3N11O3. The summed E-state index contributed by atoms with van der Waals surface area (Å²) in [6, 6.07) is 3.26.